The fourth-order valence-electron chi connectivity index (χ4n) is 3.40. The van der Waals surface area contributed by atoms with Crippen molar-refractivity contribution in [2.45, 2.75) is 45.1 Å². The maximum atomic E-state index is 12.7. The molecule has 1 aliphatic carbocycles. The molecular formula is C14H25N3O2. The lowest BCUT2D eigenvalue weighted by atomic mass is 9.94. The number of primary amides is 1. The standard InChI is InChI=1S/C14H25N3O2/c1-10-3-2-4-12(10)14(19)17(9-13(15)18)11-5-7-16-8-6-11/h10-12,16H,2-9H2,1H3,(H2,15,18). The lowest BCUT2D eigenvalue weighted by molar-refractivity contribution is -0.142. The molecule has 0 bridgehead atoms. The summed E-state index contributed by atoms with van der Waals surface area (Å²) in [6, 6.07) is 0.175. The van der Waals surface area contributed by atoms with Crippen molar-refractivity contribution < 1.29 is 9.59 Å². The number of carbonyl (C=O) groups excluding carboxylic acids is 2. The van der Waals surface area contributed by atoms with Gasteiger partial charge in [-0.1, -0.05) is 13.3 Å². The van der Waals surface area contributed by atoms with Gasteiger partial charge in [0.25, 0.3) is 0 Å². The Morgan fingerprint density at radius 2 is 1.89 bits per heavy atom. The second-order valence-electron chi connectivity index (χ2n) is 5.93. The number of nitrogens with two attached hydrogens (primary N) is 1. The number of nitrogens with zero attached hydrogens (tertiary/aromatic N) is 1. The highest BCUT2D eigenvalue weighted by Crippen LogP contribution is 2.33. The first-order chi connectivity index (χ1) is 9.09. The van der Waals surface area contributed by atoms with Gasteiger partial charge in [0.15, 0.2) is 0 Å². The Hall–Kier alpha value is -1.10. The van der Waals surface area contributed by atoms with E-state index in [0.717, 1.165) is 45.2 Å². The molecule has 2 amide bonds. The summed E-state index contributed by atoms with van der Waals surface area (Å²) in [7, 11) is 0. The lowest BCUT2D eigenvalue weighted by Gasteiger charge is -2.36. The van der Waals surface area contributed by atoms with Crippen LogP contribution >= 0.6 is 0 Å². The van der Waals surface area contributed by atoms with Crippen molar-refractivity contribution in [2.24, 2.45) is 17.6 Å². The number of hydrogen-bond donors (Lipinski definition) is 2. The molecule has 2 fully saturated rings. The molecule has 1 saturated heterocycles. The number of amides is 2. The van der Waals surface area contributed by atoms with Crippen LogP contribution in [0.1, 0.15) is 39.0 Å². The Bertz CT molecular complexity index is 340. The van der Waals surface area contributed by atoms with E-state index in [0.29, 0.717) is 5.92 Å². The monoisotopic (exact) mass is 267 g/mol. The lowest BCUT2D eigenvalue weighted by Crippen LogP contribution is -2.51. The molecule has 1 aliphatic heterocycles. The SMILES string of the molecule is CC1CCCC1C(=O)N(CC(N)=O)C1CCNCC1. The van der Waals surface area contributed by atoms with Crippen molar-refractivity contribution in [1.29, 1.82) is 0 Å². The Morgan fingerprint density at radius 1 is 1.21 bits per heavy atom. The topological polar surface area (TPSA) is 75.4 Å². The first kappa shape index (κ1) is 14.3. The fraction of sp³-hybridized carbons (Fsp3) is 0.857. The Kier molecular flexibility index (Phi) is 4.80. The predicted octanol–water partition coefficient (Wildman–Crippen LogP) is 0.489. The normalized spacial score (nSPS) is 28.3. The maximum absolute atomic E-state index is 12.7. The van der Waals surface area contributed by atoms with Gasteiger partial charge in [-0.25, -0.2) is 0 Å². The molecule has 5 heteroatoms. The van der Waals surface area contributed by atoms with Crippen LogP contribution in [-0.4, -0.2) is 42.4 Å². The van der Waals surface area contributed by atoms with Crippen molar-refractivity contribution in [1.82, 2.24) is 10.2 Å². The average molecular weight is 267 g/mol. The highest BCUT2D eigenvalue weighted by atomic mass is 16.2. The highest BCUT2D eigenvalue weighted by molar-refractivity contribution is 5.85. The Labute approximate surface area is 114 Å². The van der Waals surface area contributed by atoms with Gasteiger partial charge in [0.05, 0.1) is 6.54 Å². The van der Waals surface area contributed by atoms with Gasteiger partial charge in [-0.3, -0.25) is 9.59 Å². The molecule has 0 aromatic carbocycles. The van der Waals surface area contributed by atoms with Crippen LogP contribution in [0.5, 0.6) is 0 Å². The van der Waals surface area contributed by atoms with E-state index in [-0.39, 0.29) is 24.4 Å². The molecule has 2 aliphatic rings. The van der Waals surface area contributed by atoms with Crippen LogP contribution < -0.4 is 11.1 Å². The quantitative estimate of drug-likeness (QED) is 0.778. The van der Waals surface area contributed by atoms with E-state index in [4.69, 9.17) is 5.73 Å². The summed E-state index contributed by atoms with van der Waals surface area (Å²) in [5, 5.41) is 3.29. The van der Waals surface area contributed by atoms with Crippen LogP contribution in [-0.2, 0) is 9.59 Å². The number of nitrogens with one attached hydrogen (secondary N) is 1. The second kappa shape index (κ2) is 6.37. The van der Waals surface area contributed by atoms with E-state index in [1.807, 2.05) is 0 Å². The van der Waals surface area contributed by atoms with Crippen molar-refractivity contribution in [3.8, 4) is 0 Å². The van der Waals surface area contributed by atoms with Gasteiger partial charge in [0, 0.05) is 12.0 Å². The minimum atomic E-state index is -0.405. The first-order valence-electron chi connectivity index (χ1n) is 7.39. The third-order valence-electron chi connectivity index (χ3n) is 4.54. The van der Waals surface area contributed by atoms with E-state index >= 15 is 0 Å². The molecular weight excluding hydrogens is 242 g/mol. The van der Waals surface area contributed by atoms with E-state index in [1.54, 1.807) is 4.90 Å². The smallest absolute Gasteiger partial charge is 0.237 e. The summed E-state index contributed by atoms with van der Waals surface area (Å²) in [4.78, 5) is 25.7. The van der Waals surface area contributed by atoms with Gasteiger partial charge in [0.1, 0.15) is 0 Å². The van der Waals surface area contributed by atoms with Crippen LogP contribution in [0, 0.1) is 11.8 Å². The third-order valence-corrected chi connectivity index (χ3v) is 4.54. The number of carbonyl (C=O) groups is 2. The molecule has 2 atom stereocenters. The summed E-state index contributed by atoms with van der Waals surface area (Å²) in [5.41, 5.74) is 5.32. The van der Waals surface area contributed by atoms with Gasteiger partial charge in [0.2, 0.25) is 11.8 Å². The van der Waals surface area contributed by atoms with E-state index in [2.05, 4.69) is 12.2 Å². The van der Waals surface area contributed by atoms with Crippen molar-refractivity contribution in [2.75, 3.05) is 19.6 Å². The summed E-state index contributed by atoms with van der Waals surface area (Å²) in [5.74, 6) is 0.270. The zero-order valence-corrected chi connectivity index (χ0v) is 11.7. The zero-order valence-electron chi connectivity index (χ0n) is 11.7. The predicted molar refractivity (Wildman–Crippen MR) is 73.3 cm³/mol. The largest absolute Gasteiger partial charge is 0.368 e. The first-order valence-corrected chi connectivity index (χ1v) is 7.39. The molecule has 0 aromatic heterocycles. The molecule has 2 rings (SSSR count). The molecule has 2 unspecified atom stereocenters. The van der Waals surface area contributed by atoms with Gasteiger partial charge < -0.3 is 16.0 Å². The summed E-state index contributed by atoms with van der Waals surface area (Å²) >= 11 is 0. The molecule has 1 saturated carbocycles. The van der Waals surface area contributed by atoms with Gasteiger partial charge in [-0.15, -0.1) is 0 Å². The van der Waals surface area contributed by atoms with E-state index in [9.17, 15) is 9.59 Å². The van der Waals surface area contributed by atoms with Crippen molar-refractivity contribution >= 4 is 11.8 Å². The van der Waals surface area contributed by atoms with E-state index < -0.39 is 5.91 Å². The Morgan fingerprint density at radius 3 is 2.42 bits per heavy atom. The Balaban J connectivity index is 2.07. The molecule has 0 radical (unpaired) electrons. The van der Waals surface area contributed by atoms with Crippen LogP contribution in [0.3, 0.4) is 0 Å². The van der Waals surface area contributed by atoms with Crippen molar-refractivity contribution in [3.63, 3.8) is 0 Å². The number of piperidine rings is 1. The molecule has 108 valence electrons. The molecule has 0 aromatic rings. The van der Waals surface area contributed by atoms with Crippen LogP contribution in [0.15, 0.2) is 0 Å². The highest BCUT2D eigenvalue weighted by Gasteiger charge is 2.36. The molecule has 5 nitrogen and oxygen atoms in total. The molecule has 1 heterocycles. The van der Waals surface area contributed by atoms with Crippen LogP contribution in [0.4, 0.5) is 0 Å². The summed E-state index contributed by atoms with van der Waals surface area (Å²) < 4.78 is 0. The minimum absolute atomic E-state index is 0.0761. The molecule has 19 heavy (non-hydrogen) atoms. The van der Waals surface area contributed by atoms with Gasteiger partial charge in [-0.2, -0.15) is 0 Å². The second-order valence-corrected chi connectivity index (χ2v) is 5.93. The number of rotatable bonds is 4. The van der Waals surface area contributed by atoms with Crippen LogP contribution in [0.25, 0.3) is 0 Å². The number of hydrogen-bond acceptors (Lipinski definition) is 3. The van der Waals surface area contributed by atoms with Crippen molar-refractivity contribution in [3.05, 3.63) is 0 Å². The van der Waals surface area contributed by atoms with Gasteiger partial charge in [-0.05, 0) is 44.7 Å². The summed E-state index contributed by atoms with van der Waals surface area (Å²) in [6.07, 6.45) is 5.03. The zero-order chi connectivity index (χ0) is 13.8. The average Bonchev–Trinajstić information content (AvgIpc) is 2.82. The molecule has 3 N–H and O–H groups in total. The minimum Gasteiger partial charge on any atom is -0.368 e. The van der Waals surface area contributed by atoms with Gasteiger partial charge >= 0.3 is 0 Å². The molecule has 0 spiro atoms. The third kappa shape index (κ3) is 3.47. The maximum Gasteiger partial charge on any atom is 0.237 e. The fourth-order valence-corrected chi connectivity index (χ4v) is 3.40. The summed E-state index contributed by atoms with van der Waals surface area (Å²) in [6.45, 7) is 4.04. The van der Waals surface area contributed by atoms with E-state index in [1.165, 1.54) is 0 Å². The van der Waals surface area contributed by atoms with Crippen LogP contribution in [0.2, 0.25) is 0 Å².